The maximum Gasteiger partial charge on any atom is 0.315 e. The summed E-state index contributed by atoms with van der Waals surface area (Å²) < 4.78 is 4.59. The molecule has 0 spiro atoms. The zero-order chi connectivity index (χ0) is 9.14. The lowest BCUT2D eigenvalue weighted by Crippen LogP contribution is -2.27. The molecule has 2 atom stereocenters. The fraction of sp³-hybridized carbons (Fsp3) is 0.714. The summed E-state index contributed by atoms with van der Waals surface area (Å²) in [5, 5.41) is 11.8. The van der Waals surface area contributed by atoms with E-state index in [2.05, 4.69) is 9.89 Å². The molecular weight excluding hydrogens is 178 g/mol. The first kappa shape index (κ1) is 9.38. The van der Waals surface area contributed by atoms with Crippen LogP contribution in [0.1, 0.15) is 6.92 Å². The van der Waals surface area contributed by atoms with E-state index in [9.17, 15) is 4.79 Å². The van der Waals surface area contributed by atoms with Crippen molar-refractivity contribution in [2.45, 2.75) is 12.2 Å². The molecule has 68 valence electrons. The van der Waals surface area contributed by atoms with Gasteiger partial charge in [0, 0.05) is 11.0 Å². The van der Waals surface area contributed by atoms with Crippen molar-refractivity contribution in [1.82, 2.24) is 0 Å². The fourth-order valence-corrected chi connectivity index (χ4v) is 2.35. The Morgan fingerprint density at radius 3 is 3.00 bits per heavy atom. The summed E-state index contributed by atoms with van der Waals surface area (Å²) >= 11 is 1.59. The van der Waals surface area contributed by atoms with Crippen molar-refractivity contribution < 1.29 is 14.7 Å². The zero-order valence-electron chi connectivity index (χ0n) is 6.98. The minimum Gasteiger partial charge on any atom is -0.468 e. The first-order valence-electron chi connectivity index (χ1n) is 3.61. The summed E-state index contributed by atoms with van der Waals surface area (Å²) in [5.41, 5.74) is 0.513. The van der Waals surface area contributed by atoms with Crippen molar-refractivity contribution in [1.29, 1.82) is 0 Å². The van der Waals surface area contributed by atoms with Crippen molar-refractivity contribution in [2.24, 2.45) is 11.1 Å². The van der Waals surface area contributed by atoms with Gasteiger partial charge in [-0.2, -0.15) is 11.8 Å². The van der Waals surface area contributed by atoms with Crippen molar-refractivity contribution in [3.63, 3.8) is 0 Å². The molecule has 1 N–H and O–H groups in total. The fourth-order valence-electron chi connectivity index (χ4n) is 1.22. The summed E-state index contributed by atoms with van der Waals surface area (Å²) in [6, 6.07) is 0. The second-order valence-electron chi connectivity index (χ2n) is 2.61. The van der Waals surface area contributed by atoms with Gasteiger partial charge in [0.05, 0.1) is 12.8 Å². The molecule has 0 aliphatic carbocycles. The third-order valence-electron chi connectivity index (χ3n) is 1.91. The highest BCUT2D eigenvalue weighted by Gasteiger charge is 2.37. The topological polar surface area (TPSA) is 58.9 Å². The van der Waals surface area contributed by atoms with Crippen LogP contribution in [0.15, 0.2) is 5.16 Å². The van der Waals surface area contributed by atoms with Crippen molar-refractivity contribution in [2.75, 3.05) is 12.9 Å². The number of hydrogen-bond donors (Lipinski definition) is 1. The molecule has 12 heavy (non-hydrogen) atoms. The van der Waals surface area contributed by atoms with Crippen LogP contribution < -0.4 is 0 Å². The molecule has 0 aromatic carbocycles. The van der Waals surface area contributed by atoms with Crippen molar-refractivity contribution in [3.8, 4) is 0 Å². The molecule has 2 unspecified atom stereocenters. The number of oxime groups is 1. The summed E-state index contributed by atoms with van der Waals surface area (Å²) in [7, 11) is 1.34. The van der Waals surface area contributed by atoms with Crippen LogP contribution in [0.3, 0.4) is 0 Å². The summed E-state index contributed by atoms with van der Waals surface area (Å²) in [6.07, 6.45) is 0. The summed E-state index contributed by atoms with van der Waals surface area (Å²) in [5.74, 6) is -0.0810. The molecular formula is C7H11NO3S. The average molecular weight is 189 g/mol. The van der Waals surface area contributed by atoms with E-state index in [0.29, 0.717) is 11.5 Å². The number of thioether (sulfide) groups is 1. The predicted molar refractivity (Wildman–Crippen MR) is 46.6 cm³/mol. The molecule has 0 bridgehead atoms. The van der Waals surface area contributed by atoms with Crippen LogP contribution in [0.2, 0.25) is 0 Å². The van der Waals surface area contributed by atoms with Gasteiger partial charge < -0.3 is 9.94 Å². The van der Waals surface area contributed by atoms with E-state index in [1.54, 1.807) is 11.8 Å². The SMILES string of the molecule is COC(=O)C1C(=NO)CSC1C. The maximum absolute atomic E-state index is 11.2. The Hall–Kier alpha value is -0.710. The molecule has 1 heterocycles. The van der Waals surface area contributed by atoms with Gasteiger partial charge in [-0.3, -0.25) is 4.79 Å². The van der Waals surface area contributed by atoms with Gasteiger partial charge >= 0.3 is 5.97 Å². The summed E-state index contributed by atoms with van der Waals surface area (Å²) in [4.78, 5) is 11.2. The molecule has 5 heteroatoms. The van der Waals surface area contributed by atoms with E-state index in [1.807, 2.05) is 6.92 Å². The number of esters is 1. The highest BCUT2D eigenvalue weighted by Crippen LogP contribution is 2.30. The zero-order valence-corrected chi connectivity index (χ0v) is 7.80. The van der Waals surface area contributed by atoms with Crippen LogP contribution in [0.5, 0.6) is 0 Å². The standard InChI is InChI=1S/C7H11NO3S/c1-4-6(7(9)11-2)5(8-10)3-12-4/h4,6,10H,3H2,1-2H3. The van der Waals surface area contributed by atoms with Gasteiger partial charge in [0.2, 0.25) is 0 Å². The van der Waals surface area contributed by atoms with Crippen LogP contribution in [0.25, 0.3) is 0 Å². The number of hydrogen-bond acceptors (Lipinski definition) is 5. The van der Waals surface area contributed by atoms with E-state index in [4.69, 9.17) is 5.21 Å². The largest absolute Gasteiger partial charge is 0.468 e. The third kappa shape index (κ3) is 1.55. The van der Waals surface area contributed by atoms with Gasteiger partial charge in [-0.15, -0.1) is 0 Å². The van der Waals surface area contributed by atoms with E-state index in [-0.39, 0.29) is 17.1 Å². The molecule has 1 rings (SSSR count). The Morgan fingerprint density at radius 2 is 2.50 bits per heavy atom. The quantitative estimate of drug-likeness (QED) is 0.375. The molecule has 0 amide bonds. The van der Waals surface area contributed by atoms with Crippen molar-refractivity contribution >= 4 is 23.4 Å². The van der Waals surface area contributed by atoms with Crippen LogP contribution in [-0.2, 0) is 9.53 Å². The number of rotatable bonds is 1. The van der Waals surface area contributed by atoms with Gasteiger partial charge in [-0.05, 0) is 0 Å². The molecule has 1 aliphatic rings. The Morgan fingerprint density at radius 1 is 1.83 bits per heavy atom. The minimum absolute atomic E-state index is 0.142. The number of ether oxygens (including phenoxy) is 1. The van der Waals surface area contributed by atoms with E-state index in [0.717, 1.165) is 0 Å². The average Bonchev–Trinajstić information content (AvgIpc) is 2.45. The first-order valence-corrected chi connectivity index (χ1v) is 4.65. The van der Waals surface area contributed by atoms with Gasteiger partial charge in [0.25, 0.3) is 0 Å². The molecule has 0 aromatic rings. The highest BCUT2D eigenvalue weighted by atomic mass is 32.2. The van der Waals surface area contributed by atoms with Crippen LogP contribution >= 0.6 is 11.8 Å². The number of carbonyl (C=O) groups is 1. The monoisotopic (exact) mass is 189 g/mol. The highest BCUT2D eigenvalue weighted by molar-refractivity contribution is 8.01. The molecule has 1 aliphatic heterocycles. The Labute approximate surface area is 75.0 Å². The number of methoxy groups -OCH3 is 1. The lowest BCUT2D eigenvalue weighted by molar-refractivity contribution is -0.142. The predicted octanol–water partition coefficient (Wildman–Crippen LogP) is 0.741. The Kier molecular flexibility index (Phi) is 2.97. The Bertz CT molecular complexity index is 217. The molecule has 0 saturated carbocycles. The van der Waals surface area contributed by atoms with Gasteiger partial charge in [0.15, 0.2) is 0 Å². The van der Waals surface area contributed by atoms with Crippen molar-refractivity contribution in [3.05, 3.63) is 0 Å². The lowest BCUT2D eigenvalue weighted by atomic mass is 10.0. The second-order valence-corrected chi connectivity index (χ2v) is 3.97. The second kappa shape index (κ2) is 3.80. The van der Waals surface area contributed by atoms with E-state index in [1.165, 1.54) is 7.11 Å². The van der Waals surface area contributed by atoms with Gasteiger partial charge in [-0.25, -0.2) is 0 Å². The first-order chi connectivity index (χ1) is 5.70. The minimum atomic E-state index is -0.370. The molecule has 4 nitrogen and oxygen atoms in total. The molecule has 1 saturated heterocycles. The Balaban J connectivity index is 2.77. The van der Waals surface area contributed by atoms with Crippen LogP contribution in [-0.4, -0.2) is 35.0 Å². The number of nitrogens with zero attached hydrogens (tertiary/aromatic N) is 1. The van der Waals surface area contributed by atoms with Gasteiger partial charge in [0.1, 0.15) is 5.92 Å². The lowest BCUT2D eigenvalue weighted by Gasteiger charge is -2.10. The molecule has 0 aromatic heterocycles. The van der Waals surface area contributed by atoms with E-state index < -0.39 is 0 Å². The summed E-state index contributed by atoms with van der Waals surface area (Å²) in [6.45, 7) is 1.92. The normalized spacial score (nSPS) is 32.3. The third-order valence-corrected chi connectivity index (χ3v) is 3.17. The molecule has 0 radical (unpaired) electrons. The smallest absolute Gasteiger partial charge is 0.315 e. The maximum atomic E-state index is 11.2. The van der Waals surface area contributed by atoms with Crippen LogP contribution in [0.4, 0.5) is 0 Å². The van der Waals surface area contributed by atoms with Crippen LogP contribution in [0, 0.1) is 5.92 Å². The molecule has 1 fully saturated rings. The number of carbonyl (C=O) groups excluding carboxylic acids is 1. The van der Waals surface area contributed by atoms with E-state index >= 15 is 0 Å². The van der Waals surface area contributed by atoms with Gasteiger partial charge in [-0.1, -0.05) is 12.1 Å².